The summed E-state index contributed by atoms with van der Waals surface area (Å²) in [5, 5.41) is 6.26. The molecule has 0 radical (unpaired) electrons. The molecule has 0 spiro atoms. The van der Waals surface area contributed by atoms with Gasteiger partial charge in [-0.3, -0.25) is 4.79 Å². The maximum absolute atomic E-state index is 12.3. The summed E-state index contributed by atoms with van der Waals surface area (Å²) in [5.41, 5.74) is 2.33. The standard InChI is InChI=1S/C17H20N2O4/c1-5-14(16(20)18-15-9-12(4)23-19-15)22-17(21)13-7-6-10(2)8-11(13)3/h6-9,14H,5H2,1-4H3,(H,18,19,20). The Kier molecular flexibility index (Phi) is 5.16. The van der Waals surface area contributed by atoms with Gasteiger partial charge in [-0.2, -0.15) is 0 Å². The normalized spacial score (nSPS) is 11.8. The van der Waals surface area contributed by atoms with E-state index in [1.807, 2.05) is 26.0 Å². The number of anilines is 1. The quantitative estimate of drug-likeness (QED) is 0.857. The number of nitrogens with one attached hydrogen (secondary N) is 1. The van der Waals surface area contributed by atoms with Crippen LogP contribution in [-0.4, -0.2) is 23.1 Å². The molecule has 2 rings (SSSR count). The Morgan fingerprint density at radius 1 is 1.26 bits per heavy atom. The minimum atomic E-state index is -0.889. The van der Waals surface area contributed by atoms with Crippen LogP contribution >= 0.6 is 0 Å². The van der Waals surface area contributed by atoms with Gasteiger partial charge in [-0.15, -0.1) is 0 Å². The predicted octanol–water partition coefficient (Wildman–Crippen LogP) is 3.17. The Hall–Kier alpha value is -2.63. The first-order valence-electron chi connectivity index (χ1n) is 7.43. The molecule has 0 fully saturated rings. The summed E-state index contributed by atoms with van der Waals surface area (Å²) < 4.78 is 10.2. The van der Waals surface area contributed by atoms with Gasteiger partial charge in [-0.1, -0.05) is 29.8 Å². The van der Waals surface area contributed by atoms with Gasteiger partial charge in [0.2, 0.25) is 0 Å². The minimum absolute atomic E-state index is 0.300. The summed E-state index contributed by atoms with van der Waals surface area (Å²) in [6.07, 6.45) is -0.528. The number of carbonyl (C=O) groups excluding carboxylic acids is 2. The molecule has 1 unspecified atom stereocenters. The van der Waals surface area contributed by atoms with Crippen molar-refractivity contribution in [2.75, 3.05) is 5.32 Å². The van der Waals surface area contributed by atoms with E-state index in [1.165, 1.54) is 0 Å². The highest BCUT2D eigenvalue weighted by atomic mass is 16.5. The molecule has 1 amide bonds. The van der Waals surface area contributed by atoms with Gasteiger partial charge in [-0.05, 0) is 38.8 Å². The van der Waals surface area contributed by atoms with Gasteiger partial charge in [0.05, 0.1) is 5.56 Å². The Bertz CT molecular complexity index is 721. The fourth-order valence-corrected chi connectivity index (χ4v) is 2.19. The molecule has 0 aliphatic heterocycles. The molecule has 1 atom stereocenters. The lowest BCUT2D eigenvalue weighted by molar-refractivity contribution is -0.124. The van der Waals surface area contributed by atoms with Gasteiger partial charge in [0.15, 0.2) is 11.9 Å². The number of nitrogens with zero attached hydrogens (tertiary/aromatic N) is 1. The average molecular weight is 316 g/mol. The molecule has 1 N–H and O–H groups in total. The number of aromatic nitrogens is 1. The van der Waals surface area contributed by atoms with Crippen molar-refractivity contribution in [3.05, 3.63) is 46.7 Å². The van der Waals surface area contributed by atoms with Crippen LogP contribution in [0, 0.1) is 20.8 Å². The SMILES string of the molecule is CCC(OC(=O)c1ccc(C)cc1C)C(=O)Nc1cc(C)on1. The first kappa shape index (κ1) is 16.7. The molecular weight excluding hydrogens is 296 g/mol. The molecule has 0 aliphatic rings. The maximum atomic E-state index is 12.3. The summed E-state index contributed by atoms with van der Waals surface area (Å²) in [7, 11) is 0. The largest absolute Gasteiger partial charge is 0.449 e. The third-order valence-corrected chi connectivity index (χ3v) is 3.39. The molecular formula is C17H20N2O4. The molecule has 0 bridgehead atoms. The lowest BCUT2D eigenvalue weighted by atomic mass is 10.1. The van der Waals surface area contributed by atoms with Crippen molar-refractivity contribution in [2.24, 2.45) is 0 Å². The molecule has 2 aromatic rings. The second kappa shape index (κ2) is 7.09. The van der Waals surface area contributed by atoms with E-state index in [0.29, 0.717) is 23.6 Å². The number of amides is 1. The molecule has 0 saturated heterocycles. The van der Waals surface area contributed by atoms with E-state index < -0.39 is 18.0 Å². The van der Waals surface area contributed by atoms with Crippen molar-refractivity contribution in [3.8, 4) is 0 Å². The van der Waals surface area contributed by atoms with Gasteiger partial charge in [-0.25, -0.2) is 4.79 Å². The molecule has 122 valence electrons. The third-order valence-electron chi connectivity index (χ3n) is 3.39. The van der Waals surface area contributed by atoms with Crippen molar-refractivity contribution < 1.29 is 18.8 Å². The van der Waals surface area contributed by atoms with Crippen molar-refractivity contribution in [3.63, 3.8) is 0 Å². The summed E-state index contributed by atoms with van der Waals surface area (Å²) in [6.45, 7) is 7.28. The number of ether oxygens (including phenoxy) is 1. The van der Waals surface area contributed by atoms with Gasteiger partial charge >= 0.3 is 5.97 Å². The van der Waals surface area contributed by atoms with E-state index in [2.05, 4.69) is 10.5 Å². The van der Waals surface area contributed by atoms with Crippen LogP contribution in [0.1, 0.15) is 40.6 Å². The van der Waals surface area contributed by atoms with Gasteiger partial charge in [0, 0.05) is 6.07 Å². The van der Waals surface area contributed by atoms with Crippen molar-refractivity contribution in [2.45, 2.75) is 40.2 Å². The Labute approximate surface area is 134 Å². The van der Waals surface area contributed by atoms with Gasteiger partial charge in [0.1, 0.15) is 5.76 Å². The number of rotatable bonds is 5. The van der Waals surface area contributed by atoms with Crippen LogP contribution in [-0.2, 0) is 9.53 Å². The highest BCUT2D eigenvalue weighted by Gasteiger charge is 2.23. The monoisotopic (exact) mass is 316 g/mol. The maximum Gasteiger partial charge on any atom is 0.339 e. The molecule has 0 saturated carbocycles. The van der Waals surface area contributed by atoms with E-state index in [0.717, 1.165) is 11.1 Å². The Morgan fingerprint density at radius 3 is 2.57 bits per heavy atom. The summed E-state index contributed by atoms with van der Waals surface area (Å²) >= 11 is 0. The summed E-state index contributed by atoms with van der Waals surface area (Å²) in [6, 6.07) is 7.04. The van der Waals surface area contributed by atoms with Crippen LogP contribution in [0.3, 0.4) is 0 Å². The van der Waals surface area contributed by atoms with E-state index in [4.69, 9.17) is 9.26 Å². The number of hydrogen-bond acceptors (Lipinski definition) is 5. The van der Waals surface area contributed by atoms with Crippen LogP contribution in [0.25, 0.3) is 0 Å². The van der Waals surface area contributed by atoms with E-state index >= 15 is 0 Å². The number of esters is 1. The second-order valence-electron chi connectivity index (χ2n) is 5.43. The van der Waals surface area contributed by atoms with Crippen LogP contribution in [0.15, 0.2) is 28.8 Å². The van der Waals surface area contributed by atoms with E-state index in [1.54, 1.807) is 26.0 Å². The summed E-state index contributed by atoms with van der Waals surface area (Å²) in [5.74, 6) is -0.0612. The second-order valence-corrected chi connectivity index (χ2v) is 5.43. The zero-order valence-electron chi connectivity index (χ0n) is 13.7. The average Bonchev–Trinajstić information content (AvgIpc) is 2.89. The fraction of sp³-hybridized carbons (Fsp3) is 0.353. The van der Waals surface area contributed by atoms with Gasteiger partial charge in [0.25, 0.3) is 5.91 Å². The lowest BCUT2D eigenvalue weighted by Crippen LogP contribution is -2.32. The molecule has 1 aromatic heterocycles. The number of hydrogen-bond donors (Lipinski definition) is 1. The van der Waals surface area contributed by atoms with E-state index in [9.17, 15) is 9.59 Å². The van der Waals surface area contributed by atoms with Crippen molar-refractivity contribution in [1.29, 1.82) is 0 Å². The number of benzene rings is 1. The van der Waals surface area contributed by atoms with Crippen molar-refractivity contribution >= 4 is 17.7 Å². The Balaban J connectivity index is 2.05. The topological polar surface area (TPSA) is 81.4 Å². The molecule has 1 heterocycles. The summed E-state index contributed by atoms with van der Waals surface area (Å²) in [4.78, 5) is 24.5. The minimum Gasteiger partial charge on any atom is -0.449 e. The Morgan fingerprint density at radius 2 is 2.00 bits per heavy atom. The molecule has 0 aliphatic carbocycles. The fourth-order valence-electron chi connectivity index (χ4n) is 2.19. The highest BCUT2D eigenvalue weighted by Crippen LogP contribution is 2.15. The molecule has 6 nitrogen and oxygen atoms in total. The third kappa shape index (κ3) is 4.18. The van der Waals surface area contributed by atoms with Crippen LogP contribution in [0.4, 0.5) is 5.82 Å². The van der Waals surface area contributed by atoms with Crippen LogP contribution in [0.5, 0.6) is 0 Å². The van der Waals surface area contributed by atoms with Crippen LogP contribution < -0.4 is 5.32 Å². The highest BCUT2D eigenvalue weighted by molar-refractivity contribution is 5.97. The van der Waals surface area contributed by atoms with Crippen LogP contribution in [0.2, 0.25) is 0 Å². The predicted molar refractivity (Wildman–Crippen MR) is 85.3 cm³/mol. The number of aryl methyl sites for hydroxylation is 3. The number of carbonyl (C=O) groups is 2. The van der Waals surface area contributed by atoms with Gasteiger partial charge < -0.3 is 14.6 Å². The first-order chi connectivity index (χ1) is 10.9. The molecule has 1 aromatic carbocycles. The zero-order valence-corrected chi connectivity index (χ0v) is 13.7. The lowest BCUT2D eigenvalue weighted by Gasteiger charge is -2.16. The first-order valence-corrected chi connectivity index (χ1v) is 7.43. The molecule has 6 heteroatoms. The van der Waals surface area contributed by atoms with E-state index in [-0.39, 0.29) is 0 Å². The molecule has 23 heavy (non-hydrogen) atoms. The van der Waals surface area contributed by atoms with Crippen molar-refractivity contribution in [1.82, 2.24) is 5.16 Å². The smallest absolute Gasteiger partial charge is 0.339 e. The zero-order chi connectivity index (χ0) is 17.0.